The van der Waals surface area contributed by atoms with E-state index in [1.807, 2.05) is 6.92 Å². The highest BCUT2D eigenvalue weighted by molar-refractivity contribution is 6.74. The largest absolute Gasteiger partial charge is 0.463 e. The lowest BCUT2D eigenvalue weighted by atomic mass is 9.80. The molecule has 0 aromatic heterocycles. The van der Waals surface area contributed by atoms with Gasteiger partial charge >= 0.3 is 5.97 Å². The Morgan fingerprint density at radius 3 is 2.03 bits per heavy atom. The topological polar surface area (TPSA) is 44.8 Å². The van der Waals surface area contributed by atoms with E-state index in [9.17, 15) is 4.79 Å². The van der Waals surface area contributed by atoms with Gasteiger partial charge in [0.1, 0.15) is 0 Å². The van der Waals surface area contributed by atoms with E-state index in [1.54, 1.807) is 6.08 Å². The molecule has 1 aliphatic carbocycles. The van der Waals surface area contributed by atoms with Gasteiger partial charge in [-0.2, -0.15) is 0 Å². The van der Waals surface area contributed by atoms with Gasteiger partial charge in [-0.1, -0.05) is 53.7 Å². The summed E-state index contributed by atoms with van der Waals surface area (Å²) in [7, 11) is -3.84. The van der Waals surface area contributed by atoms with E-state index in [0.29, 0.717) is 19.6 Å². The molecule has 0 radical (unpaired) electrons. The Bertz CT molecular complexity index is 651. The Balaban J connectivity index is 3.12. The van der Waals surface area contributed by atoms with Crippen LogP contribution in [0.15, 0.2) is 23.8 Å². The Morgan fingerprint density at radius 2 is 1.57 bits per heavy atom. The monoisotopic (exact) mass is 454 g/mol. The summed E-state index contributed by atoms with van der Waals surface area (Å²) in [4.78, 5) is 12.1. The molecule has 0 bridgehead atoms. The lowest BCUT2D eigenvalue weighted by Gasteiger charge is -2.44. The van der Waals surface area contributed by atoms with Crippen molar-refractivity contribution < 1.29 is 18.4 Å². The second-order valence-corrected chi connectivity index (χ2v) is 21.2. The van der Waals surface area contributed by atoms with Gasteiger partial charge in [-0.25, -0.2) is 4.79 Å². The van der Waals surface area contributed by atoms with Crippen LogP contribution in [0.4, 0.5) is 0 Å². The van der Waals surface area contributed by atoms with E-state index in [1.165, 1.54) is 0 Å². The molecule has 0 aromatic rings. The molecule has 1 fully saturated rings. The van der Waals surface area contributed by atoms with E-state index in [2.05, 4.69) is 74.3 Å². The molecule has 4 nitrogen and oxygen atoms in total. The van der Waals surface area contributed by atoms with Gasteiger partial charge in [0, 0.05) is 18.6 Å². The molecule has 0 spiro atoms. The van der Waals surface area contributed by atoms with E-state index < -0.39 is 16.6 Å². The highest BCUT2D eigenvalue weighted by atomic mass is 28.4. The van der Waals surface area contributed by atoms with Crippen molar-refractivity contribution in [1.82, 2.24) is 0 Å². The first-order valence-corrected chi connectivity index (χ1v) is 17.1. The molecule has 1 rings (SSSR count). The lowest BCUT2D eigenvalue weighted by Crippen LogP contribution is -2.47. The molecule has 0 heterocycles. The maximum Gasteiger partial charge on any atom is 0.330 e. The number of carbonyl (C=O) groups is 1. The maximum absolute atomic E-state index is 12.1. The molecular weight excluding hydrogens is 408 g/mol. The van der Waals surface area contributed by atoms with Crippen LogP contribution in [0.25, 0.3) is 0 Å². The van der Waals surface area contributed by atoms with E-state index in [0.717, 1.165) is 17.6 Å². The molecule has 1 aliphatic rings. The first-order valence-electron chi connectivity index (χ1n) is 11.3. The average molecular weight is 455 g/mol. The minimum atomic E-state index is -1.97. The van der Waals surface area contributed by atoms with Crippen molar-refractivity contribution in [2.75, 3.05) is 13.2 Å². The Morgan fingerprint density at radius 1 is 1.03 bits per heavy atom. The van der Waals surface area contributed by atoms with Gasteiger partial charge in [-0.3, -0.25) is 0 Å². The van der Waals surface area contributed by atoms with Crippen LogP contribution in [0.1, 0.15) is 61.3 Å². The van der Waals surface area contributed by atoms with Crippen LogP contribution in [0.3, 0.4) is 0 Å². The van der Waals surface area contributed by atoms with E-state index >= 15 is 0 Å². The van der Waals surface area contributed by atoms with Gasteiger partial charge < -0.3 is 13.6 Å². The molecule has 30 heavy (non-hydrogen) atoms. The third-order valence-electron chi connectivity index (χ3n) is 7.20. The summed E-state index contributed by atoms with van der Waals surface area (Å²) in [5.41, 5.74) is 2.19. The van der Waals surface area contributed by atoms with Crippen LogP contribution in [-0.4, -0.2) is 41.9 Å². The molecule has 6 heteroatoms. The van der Waals surface area contributed by atoms with Crippen LogP contribution in [-0.2, 0) is 18.4 Å². The molecule has 1 saturated carbocycles. The summed E-state index contributed by atoms with van der Waals surface area (Å²) in [6, 6.07) is 0. The molecule has 0 aromatic carbocycles. The summed E-state index contributed by atoms with van der Waals surface area (Å²) in [5, 5.41) is 0.270. The molecular formula is C24H46O4Si2. The zero-order valence-corrected chi connectivity index (χ0v) is 23.4. The fourth-order valence-electron chi connectivity index (χ4n) is 2.97. The molecule has 0 saturated heterocycles. The van der Waals surface area contributed by atoms with Crippen molar-refractivity contribution in [2.24, 2.45) is 5.92 Å². The predicted octanol–water partition coefficient (Wildman–Crippen LogP) is 6.85. The normalized spacial score (nSPS) is 23.0. The Labute approximate surface area is 187 Å². The fraction of sp³-hybridized carbons (Fsp3) is 0.792. The number of rotatable bonds is 7. The highest BCUT2D eigenvalue weighted by Gasteiger charge is 2.43. The third-order valence-corrected chi connectivity index (χ3v) is 16.2. The fourth-order valence-corrected chi connectivity index (χ4v) is 5.32. The van der Waals surface area contributed by atoms with Crippen molar-refractivity contribution >= 4 is 22.6 Å². The van der Waals surface area contributed by atoms with Crippen LogP contribution < -0.4 is 0 Å². The summed E-state index contributed by atoms with van der Waals surface area (Å²) < 4.78 is 18.5. The van der Waals surface area contributed by atoms with Crippen LogP contribution in [0.2, 0.25) is 36.3 Å². The lowest BCUT2D eigenvalue weighted by molar-refractivity contribution is -0.137. The summed E-state index contributed by atoms with van der Waals surface area (Å²) in [6.45, 7) is 29.9. The minimum absolute atomic E-state index is 0.0756. The van der Waals surface area contributed by atoms with Gasteiger partial charge in [-0.15, -0.1) is 0 Å². The SMILES string of the molecule is C=C1[C@H](CO[Si](C)(C)C(C)(C)C)CC(=CC(=O)OCC)C[C@H]1O[Si](C)(C)C(C)(C)C. The molecule has 174 valence electrons. The zero-order valence-electron chi connectivity index (χ0n) is 21.4. The summed E-state index contributed by atoms with van der Waals surface area (Å²) in [6.07, 6.45) is 3.08. The number of esters is 1. The first-order chi connectivity index (χ1) is 13.4. The van der Waals surface area contributed by atoms with Gasteiger partial charge in [0.2, 0.25) is 0 Å². The van der Waals surface area contributed by atoms with Crippen molar-refractivity contribution in [2.45, 2.75) is 104 Å². The quantitative estimate of drug-likeness (QED) is 0.182. The first kappa shape index (κ1) is 27.3. The van der Waals surface area contributed by atoms with Gasteiger partial charge in [0.05, 0.1) is 12.7 Å². The van der Waals surface area contributed by atoms with E-state index in [-0.39, 0.29) is 28.1 Å². The highest BCUT2D eigenvalue weighted by Crippen LogP contribution is 2.43. The minimum Gasteiger partial charge on any atom is -0.463 e. The van der Waals surface area contributed by atoms with E-state index in [4.69, 9.17) is 13.6 Å². The molecule has 2 atom stereocenters. The Hall–Kier alpha value is -0.696. The standard InChI is InChI=1S/C24H46O4Si2/c1-13-26-22(25)16-19-14-20(17-27-29(9,10)23(3,4)5)18(2)21(15-19)28-30(11,12)24(6,7)8/h16,20-21H,2,13-15,17H2,1,3-12H3/t20-,21+/m0/s1. The number of hydrogen-bond donors (Lipinski definition) is 0. The second kappa shape index (κ2) is 9.84. The van der Waals surface area contributed by atoms with Gasteiger partial charge in [0.25, 0.3) is 0 Å². The van der Waals surface area contributed by atoms with Crippen molar-refractivity contribution in [3.8, 4) is 0 Å². The van der Waals surface area contributed by atoms with Gasteiger partial charge in [0.15, 0.2) is 16.6 Å². The maximum atomic E-state index is 12.1. The molecule has 0 aliphatic heterocycles. The predicted molar refractivity (Wildman–Crippen MR) is 132 cm³/mol. The van der Waals surface area contributed by atoms with Crippen molar-refractivity contribution in [3.05, 3.63) is 23.8 Å². The number of hydrogen-bond acceptors (Lipinski definition) is 4. The number of carbonyl (C=O) groups excluding carboxylic acids is 1. The van der Waals surface area contributed by atoms with Crippen LogP contribution in [0, 0.1) is 5.92 Å². The zero-order chi connectivity index (χ0) is 23.5. The number of ether oxygens (including phenoxy) is 1. The van der Waals surface area contributed by atoms with Crippen LogP contribution >= 0.6 is 0 Å². The smallest absolute Gasteiger partial charge is 0.330 e. The molecule has 0 N–H and O–H groups in total. The van der Waals surface area contributed by atoms with Crippen molar-refractivity contribution in [1.29, 1.82) is 0 Å². The molecule has 0 amide bonds. The van der Waals surface area contributed by atoms with Crippen LogP contribution in [0.5, 0.6) is 0 Å². The summed E-state index contributed by atoms with van der Waals surface area (Å²) in [5.74, 6) is -0.113. The average Bonchev–Trinajstić information content (AvgIpc) is 2.54. The summed E-state index contributed by atoms with van der Waals surface area (Å²) >= 11 is 0. The van der Waals surface area contributed by atoms with Gasteiger partial charge in [-0.05, 0) is 61.6 Å². The second-order valence-electron chi connectivity index (χ2n) is 11.7. The molecule has 0 unspecified atom stereocenters. The van der Waals surface area contributed by atoms with Crippen molar-refractivity contribution in [3.63, 3.8) is 0 Å². The third kappa shape index (κ3) is 7.18. The Kier molecular flexibility index (Phi) is 8.97.